The van der Waals surface area contributed by atoms with E-state index in [9.17, 15) is 0 Å². The highest BCUT2D eigenvalue weighted by Gasteiger charge is 2.56. The molecule has 20 rings (SSSR count). The number of anilines is 3. The third-order valence-corrected chi connectivity index (χ3v) is 22.0. The first-order valence-electron chi connectivity index (χ1n) is 33.7. The predicted molar refractivity (Wildman–Crippen MR) is 405 cm³/mol. The molecule has 2 aliphatic heterocycles. The number of aromatic nitrogens is 2. The fourth-order valence-electron chi connectivity index (χ4n) is 18.2. The predicted octanol–water partition coefficient (Wildman–Crippen LogP) is 15.1. The number of fused-ring (bicyclic) bond motifs is 22. The minimum Gasteiger partial charge on any atom is -0.311 e. The van der Waals surface area contributed by atoms with Gasteiger partial charge in [-0.3, -0.25) is 0 Å². The number of aryl methyl sites for hydroxylation is 4. The van der Waals surface area contributed by atoms with Gasteiger partial charge in [0, 0.05) is 55.5 Å². The number of benzene rings is 14. The maximum atomic E-state index is 2.62. The summed E-state index contributed by atoms with van der Waals surface area (Å²) >= 11 is 0. The molecule has 1 unspecified atom stereocenters. The largest absolute Gasteiger partial charge is 0.311 e. The molecule has 95 heavy (non-hydrogen) atoms. The Balaban J connectivity index is 0.966. The van der Waals surface area contributed by atoms with Crippen molar-refractivity contribution in [3.05, 3.63) is 348 Å². The van der Waals surface area contributed by atoms with Crippen LogP contribution in [0.4, 0.5) is 17.1 Å². The van der Waals surface area contributed by atoms with E-state index in [0.717, 1.165) is 17.1 Å². The third-order valence-electron chi connectivity index (χ3n) is 22.0. The van der Waals surface area contributed by atoms with Gasteiger partial charge in [-0.15, -0.1) is 0 Å². The van der Waals surface area contributed by atoms with Crippen LogP contribution in [0.1, 0.15) is 44.5 Å². The molecule has 0 bridgehead atoms. The maximum Gasteiger partial charge on any atom is 0.246 e. The van der Waals surface area contributed by atoms with Crippen LogP contribution < -0.4 is 54.1 Å². The standard InChI is InChI=1S/C89H62B3N3/c1-55-33-45-80-65(49-55)66-50-56(2)34-46-81(66)93(80)63-37-39-71-69(53-63)85-73(41-43-78-87(85)92(61-25-13-7-14-26-61)76-30-18-17-29-75(76)90(78)59-21-9-5-10-22-59)89(71)72-40-38-64(94-82-47-35-57(3)51-67(82)68-52-58(4)36-48-83(68)94)54-70(72)86-74(89)42-44-79-88(86)95(62-27-15-8-16-28-62)84-32-20-19-31-77(84)91(79)60-23-11-6-12-24-60/h5-54H,1-4H3. The zero-order valence-electron chi connectivity index (χ0n) is 53.4. The van der Waals surface area contributed by atoms with Gasteiger partial charge in [0.25, 0.3) is 0 Å². The third kappa shape index (κ3) is 7.57. The summed E-state index contributed by atoms with van der Waals surface area (Å²) in [4.78, 5) is 2.62. The van der Waals surface area contributed by atoms with Gasteiger partial charge in [-0.05, 0) is 169 Å². The van der Waals surface area contributed by atoms with Crippen LogP contribution in [0.5, 0.6) is 0 Å². The molecule has 2 aromatic heterocycles. The van der Waals surface area contributed by atoms with E-state index in [1.807, 2.05) is 0 Å². The lowest BCUT2D eigenvalue weighted by Gasteiger charge is -2.39. The Kier molecular flexibility index (Phi) is 11.6. The molecule has 2 aliphatic carbocycles. The molecule has 0 saturated carbocycles. The molecule has 14 aromatic carbocycles. The van der Waals surface area contributed by atoms with Crippen LogP contribution in [-0.2, 0) is 5.41 Å². The molecule has 0 N–H and O–H groups in total. The summed E-state index contributed by atoms with van der Waals surface area (Å²) in [6.07, 6.45) is 0. The van der Waals surface area contributed by atoms with Crippen molar-refractivity contribution in [2.75, 3.05) is 4.90 Å². The second kappa shape index (κ2) is 20.3. The van der Waals surface area contributed by atoms with Crippen molar-refractivity contribution in [3.63, 3.8) is 0 Å². The monoisotopic (exact) mass is 1210 g/mol. The van der Waals surface area contributed by atoms with Crippen molar-refractivity contribution in [1.29, 1.82) is 0 Å². The van der Waals surface area contributed by atoms with E-state index in [2.05, 4.69) is 345 Å². The summed E-state index contributed by atoms with van der Waals surface area (Å²) in [7, 11) is 0. The summed E-state index contributed by atoms with van der Waals surface area (Å²) in [6.45, 7) is 8.75. The van der Waals surface area contributed by atoms with Gasteiger partial charge in [0.1, 0.15) is 0 Å². The second-order valence-corrected chi connectivity index (χ2v) is 27.3. The van der Waals surface area contributed by atoms with Gasteiger partial charge in [-0.2, -0.15) is 0 Å². The SMILES string of the molecule is Cc1ccc2c(c1)c1cc(C)ccc1n2-c1ccc2c(c1)-c1c(ccc3c1B(c1ccccc1)c1ccccc1B3c1ccccc1)C21c2ccc(-n3c4ccc(C)cc4c4cc(C)ccc43)cc2-c2c1ccc1c2N(c2ccccc2)c2ccccc2B1c1ccccc1. The van der Waals surface area contributed by atoms with Gasteiger partial charge >= 0.3 is 0 Å². The Hall–Kier alpha value is -11.3. The highest BCUT2D eigenvalue weighted by molar-refractivity contribution is 7.11. The van der Waals surface area contributed by atoms with E-state index in [0.29, 0.717) is 0 Å². The van der Waals surface area contributed by atoms with E-state index >= 15 is 0 Å². The molecular formula is C89H62B3N3. The number of rotatable bonds is 6. The molecule has 6 heteroatoms. The summed E-state index contributed by atoms with van der Waals surface area (Å²) in [5.41, 5.74) is 37.1. The first-order valence-corrected chi connectivity index (χ1v) is 33.7. The Labute approximate surface area is 555 Å². The lowest BCUT2D eigenvalue weighted by molar-refractivity contribution is 0.794. The van der Waals surface area contributed by atoms with Crippen molar-refractivity contribution in [3.8, 4) is 33.6 Å². The second-order valence-electron chi connectivity index (χ2n) is 27.3. The summed E-state index contributed by atoms with van der Waals surface area (Å²) in [5, 5.41) is 5.09. The smallest absolute Gasteiger partial charge is 0.246 e. The van der Waals surface area contributed by atoms with Crippen LogP contribution in [0.2, 0.25) is 0 Å². The van der Waals surface area contributed by atoms with Crippen LogP contribution in [-0.4, -0.2) is 29.3 Å². The molecule has 1 spiro atoms. The number of hydrogen-bond acceptors (Lipinski definition) is 1. The first kappa shape index (κ1) is 54.3. The highest BCUT2D eigenvalue weighted by Crippen LogP contribution is 2.65. The van der Waals surface area contributed by atoms with E-state index in [4.69, 9.17) is 0 Å². The zero-order chi connectivity index (χ0) is 62.9. The zero-order valence-corrected chi connectivity index (χ0v) is 53.4. The normalized spacial score (nSPS) is 14.7. The summed E-state index contributed by atoms with van der Waals surface area (Å²) in [6, 6.07) is 117. The van der Waals surface area contributed by atoms with Gasteiger partial charge in [0.05, 0.1) is 27.5 Å². The molecule has 0 amide bonds. The van der Waals surface area contributed by atoms with Crippen molar-refractivity contribution in [1.82, 2.24) is 9.13 Å². The number of nitrogens with zero attached hydrogens (tertiary/aromatic N) is 3. The topological polar surface area (TPSA) is 13.1 Å². The molecule has 0 saturated heterocycles. The molecule has 3 nitrogen and oxygen atoms in total. The molecular weight excluding hydrogens is 1140 g/mol. The quantitative estimate of drug-likeness (QED) is 0.151. The Morgan fingerprint density at radius 1 is 0.274 bits per heavy atom. The van der Waals surface area contributed by atoms with Gasteiger partial charge in [0.15, 0.2) is 0 Å². The minimum atomic E-state index is -0.789. The lowest BCUT2D eigenvalue weighted by Crippen LogP contribution is -2.75. The summed E-state index contributed by atoms with van der Waals surface area (Å²) < 4.78 is 5.09. The fourth-order valence-corrected chi connectivity index (χ4v) is 18.2. The van der Waals surface area contributed by atoms with Gasteiger partial charge in [0.2, 0.25) is 20.1 Å². The van der Waals surface area contributed by atoms with Crippen molar-refractivity contribution in [2.24, 2.45) is 0 Å². The van der Waals surface area contributed by atoms with Crippen molar-refractivity contribution in [2.45, 2.75) is 33.1 Å². The van der Waals surface area contributed by atoms with Gasteiger partial charge in [-0.1, -0.05) is 273 Å². The van der Waals surface area contributed by atoms with Gasteiger partial charge < -0.3 is 14.0 Å². The maximum absolute atomic E-state index is 2.62. The van der Waals surface area contributed by atoms with E-state index < -0.39 is 5.41 Å². The van der Waals surface area contributed by atoms with E-state index in [1.54, 1.807) is 0 Å². The Morgan fingerprint density at radius 3 is 1.15 bits per heavy atom. The molecule has 0 fully saturated rings. The Bertz CT molecular complexity index is 5440. The van der Waals surface area contributed by atoms with Crippen LogP contribution in [0.25, 0.3) is 77.2 Å². The minimum absolute atomic E-state index is 0.00871. The summed E-state index contributed by atoms with van der Waals surface area (Å²) in [5.74, 6) is 0. The highest BCUT2D eigenvalue weighted by atomic mass is 15.2. The molecule has 4 aliphatic rings. The number of para-hydroxylation sites is 2. The van der Waals surface area contributed by atoms with Crippen LogP contribution >= 0.6 is 0 Å². The average Bonchev–Trinajstić information content (AvgIpc) is 1.49. The van der Waals surface area contributed by atoms with E-state index in [1.165, 1.54) is 171 Å². The Morgan fingerprint density at radius 2 is 0.653 bits per heavy atom. The van der Waals surface area contributed by atoms with Crippen molar-refractivity contribution < 1.29 is 0 Å². The molecule has 16 aromatic rings. The molecule has 1 atom stereocenters. The lowest BCUT2D eigenvalue weighted by atomic mass is 9.20. The first-order chi connectivity index (χ1) is 46.8. The van der Waals surface area contributed by atoms with Crippen LogP contribution in [0.15, 0.2) is 303 Å². The number of hydrogen-bond donors (Lipinski definition) is 0. The van der Waals surface area contributed by atoms with Crippen molar-refractivity contribution >= 4 is 130 Å². The van der Waals surface area contributed by atoms with Crippen LogP contribution in [0, 0.1) is 27.7 Å². The molecule has 442 valence electrons. The fraction of sp³-hybridized carbons (Fsp3) is 0.0562. The average molecular weight is 1210 g/mol. The molecule has 0 radical (unpaired) electrons. The van der Waals surface area contributed by atoms with Gasteiger partial charge in [-0.25, -0.2) is 0 Å². The van der Waals surface area contributed by atoms with E-state index in [-0.39, 0.29) is 20.1 Å². The van der Waals surface area contributed by atoms with Crippen LogP contribution in [0.3, 0.4) is 0 Å². The molecule has 4 heterocycles.